The fourth-order valence-corrected chi connectivity index (χ4v) is 2.29. The molecule has 1 aromatic rings. The zero-order valence-corrected chi connectivity index (χ0v) is 11.7. The van der Waals surface area contributed by atoms with Gasteiger partial charge in [0.05, 0.1) is 19.3 Å². The van der Waals surface area contributed by atoms with Gasteiger partial charge in [0.25, 0.3) is 5.91 Å². The van der Waals surface area contributed by atoms with Crippen LogP contribution >= 0.6 is 0 Å². The summed E-state index contributed by atoms with van der Waals surface area (Å²) in [7, 11) is 1.51. The number of carbonyl (C=O) groups excluding carboxylic acids is 2. The molecule has 1 fully saturated rings. The Kier molecular flexibility index (Phi) is 4.55. The molecule has 1 amide bonds. The third-order valence-electron chi connectivity index (χ3n) is 3.26. The number of rotatable bonds is 4. The summed E-state index contributed by atoms with van der Waals surface area (Å²) >= 11 is 0. The van der Waals surface area contributed by atoms with Crippen molar-refractivity contribution in [3.8, 4) is 5.88 Å². The fourth-order valence-electron chi connectivity index (χ4n) is 2.29. The predicted molar refractivity (Wildman–Crippen MR) is 71.5 cm³/mol. The number of likely N-dealkylation sites (tertiary alicyclic amines) is 1. The van der Waals surface area contributed by atoms with Crippen LogP contribution in [-0.2, 0) is 9.53 Å². The van der Waals surface area contributed by atoms with E-state index in [2.05, 4.69) is 4.98 Å². The lowest BCUT2D eigenvalue weighted by molar-refractivity contribution is -0.147. The van der Waals surface area contributed by atoms with E-state index in [0.717, 1.165) is 6.42 Å². The average molecular weight is 278 g/mol. The number of methoxy groups -OCH3 is 1. The van der Waals surface area contributed by atoms with Gasteiger partial charge < -0.3 is 14.4 Å². The molecule has 0 spiro atoms. The van der Waals surface area contributed by atoms with Crippen molar-refractivity contribution >= 4 is 11.9 Å². The molecule has 1 atom stereocenters. The summed E-state index contributed by atoms with van der Waals surface area (Å²) in [6.45, 7) is 2.64. The topological polar surface area (TPSA) is 68.7 Å². The van der Waals surface area contributed by atoms with Crippen molar-refractivity contribution in [3.63, 3.8) is 0 Å². The number of aromatic nitrogens is 1. The summed E-state index contributed by atoms with van der Waals surface area (Å²) in [4.78, 5) is 29.8. The van der Waals surface area contributed by atoms with Gasteiger partial charge in [0.1, 0.15) is 6.04 Å². The SMILES string of the molecule is CCOC(=O)C1CCCN1C(=O)c1ccc(OC)nc1. The first kappa shape index (κ1) is 14.3. The molecule has 1 aliphatic rings. The van der Waals surface area contributed by atoms with Crippen LogP contribution in [0.5, 0.6) is 5.88 Å². The molecule has 1 aromatic heterocycles. The molecule has 108 valence electrons. The lowest BCUT2D eigenvalue weighted by atomic mass is 10.2. The molecule has 2 rings (SSSR count). The molecule has 0 saturated carbocycles. The third kappa shape index (κ3) is 2.89. The standard InChI is InChI=1S/C14H18N2O4/c1-3-20-14(18)11-5-4-8-16(11)13(17)10-6-7-12(19-2)15-9-10/h6-7,9,11H,3-5,8H2,1-2H3. The Hall–Kier alpha value is -2.11. The molecule has 0 bridgehead atoms. The molecule has 6 nitrogen and oxygen atoms in total. The van der Waals surface area contributed by atoms with Crippen molar-refractivity contribution in [1.29, 1.82) is 0 Å². The van der Waals surface area contributed by atoms with Gasteiger partial charge in [-0.05, 0) is 25.8 Å². The number of hydrogen-bond acceptors (Lipinski definition) is 5. The summed E-state index contributed by atoms with van der Waals surface area (Å²) in [5, 5.41) is 0. The van der Waals surface area contributed by atoms with Crippen LogP contribution < -0.4 is 4.74 Å². The summed E-state index contributed by atoms with van der Waals surface area (Å²) in [6.07, 6.45) is 2.91. The molecule has 0 N–H and O–H groups in total. The van der Waals surface area contributed by atoms with Gasteiger partial charge in [-0.2, -0.15) is 0 Å². The molecule has 6 heteroatoms. The Morgan fingerprint density at radius 1 is 1.45 bits per heavy atom. The minimum atomic E-state index is -0.482. The number of pyridine rings is 1. The normalized spacial score (nSPS) is 17.9. The maximum atomic E-state index is 12.4. The van der Waals surface area contributed by atoms with E-state index >= 15 is 0 Å². The Bertz CT molecular complexity index is 486. The maximum Gasteiger partial charge on any atom is 0.328 e. The van der Waals surface area contributed by atoms with Crippen LogP contribution in [0.4, 0.5) is 0 Å². The first-order valence-corrected chi connectivity index (χ1v) is 6.65. The van der Waals surface area contributed by atoms with Crippen molar-refractivity contribution in [2.75, 3.05) is 20.3 Å². The van der Waals surface area contributed by atoms with Gasteiger partial charge in [0.2, 0.25) is 5.88 Å². The zero-order valence-electron chi connectivity index (χ0n) is 11.7. The fraction of sp³-hybridized carbons (Fsp3) is 0.500. The smallest absolute Gasteiger partial charge is 0.328 e. The van der Waals surface area contributed by atoms with Crippen molar-refractivity contribution in [1.82, 2.24) is 9.88 Å². The Morgan fingerprint density at radius 2 is 2.25 bits per heavy atom. The van der Waals surface area contributed by atoms with Gasteiger partial charge in [-0.1, -0.05) is 0 Å². The van der Waals surface area contributed by atoms with Crippen LogP contribution in [0.15, 0.2) is 18.3 Å². The van der Waals surface area contributed by atoms with Gasteiger partial charge in [0, 0.05) is 18.8 Å². The summed E-state index contributed by atoms with van der Waals surface area (Å²) < 4.78 is 9.97. The Labute approximate surface area is 117 Å². The molecule has 1 unspecified atom stereocenters. The average Bonchev–Trinajstić information content (AvgIpc) is 2.96. The van der Waals surface area contributed by atoms with E-state index in [1.54, 1.807) is 24.0 Å². The molecule has 20 heavy (non-hydrogen) atoms. The van der Waals surface area contributed by atoms with Gasteiger partial charge in [0.15, 0.2) is 0 Å². The monoisotopic (exact) mass is 278 g/mol. The molecule has 0 radical (unpaired) electrons. The third-order valence-corrected chi connectivity index (χ3v) is 3.26. The van der Waals surface area contributed by atoms with Crippen LogP contribution in [0.25, 0.3) is 0 Å². The number of amides is 1. The van der Waals surface area contributed by atoms with E-state index in [-0.39, 0.29) is 11.9 Å². The molecular weight excluding hydrogens is 260 g/mol. The van der Waals surface area contributed by atoms with Crippen LogP contribution in [0, 0.1) is 0 Å². The second-order valence-corrected chi connectivity index (χ2v) is 4.50. The first-order valence-electron chi connectivity index (χ1n) is 6.65. The quantitative estimate of drug-likeness (QED) is 0.775. The van der Waals surface area contributed by atoms with E-state index in [9.17, 15) is 9.59 Å². The lowest BCUT2D eigenvalue weighted by Crippen LogP contribution is -2.41. The predicted octanol–water partition coefficient (Wildman–Crippen LogP) is 1.26. The summed E-state index contributed by atoms with van der Waals surface area (Å²) in [6, 6.07) is 2.79. The highest BCUT2D eigenvalue weighted by Gasteiger charge is 2.35. The van der Waals surface area contributed by atoms with Gasteiger partial charge in [-0.15, -0.1) is 0 Å². The highest BCUT2D eigenvalue weighted by atomic mass is 16.5. The zero-order chi connectivity index (χ0) is 14.5. The van der Waals surface area contributed by atoms with Gasteiger partial charge in [-0.3, -0.25) is 4.79 Å². The summed E-state index contributed by atoms with van der Waals surface area (Å²) in [5.74, 6) is -0.0829. The largest absolute Gasteiger partial charge is 0.481 e. The Morgan fingerprint density at radius 3 is 2.85 bits per heavy atom. The van der Waals surface area contributed by atoms with E-state index in [1.807, 2.05) is 0 Å². The number of hydrogen-bond donors (Lipinski definition) is 0. The highest BCUT2D eigenvalue weighted by Crippen LogP contribution is 2.21. The molecule has 2 heterocycles. The molecule has 0 aromatic carbocycles. The number of carbonyl (C=O) groups is 2. The van der Waals surface area contributed by atoms with Crippen LogP contribution in [0.2, 0.25) is 0 Å². The van der Waals surface area contributed by atoms with Crippen molar-refractivity contribution < 1.29 is 19.1 Å². The van der Waals surface area contributed by atoms with Crippen molar-refractivity contribution in [3.05, 3.63) is 23.9 Å². The van der Waals surface area contributed by atoms with Crippen LogP contribution in [0.3, 0.4) is 0 Å². The Balaban J connectivity index is 2.12. The number of ether oxygens (including phenoxy) is 2. The lowest BCUT2D eigenvalue weighted by Gasteiger charge is -2.23. The number of esters is 1. The second-order valence-electron chi connectivity index (χ2n) is 4.50. The van der Waals surface area contributed by atoms with Crippen LogP contribution in [0.1, 0.15) is 30.1 Å². The minimum absolute atomic E-state index is 0.198. The first-order chi connectivity index (χ1) is 9.67. The highest BCUT2D eigenvalue weighted by molar-refractivity contribution is 5.97. The molecule has 0 aliphatic carbocycles. The van der Waals surface area contributed by atoms with Crippen molar-refractivity contribution in [2.24, 2.45) is 0 Å². The van der Waals surface area contributed by atoms with Crippen molar-refractivity contribution in [2.45, 2.75) is 25.8 Å². The van der Waals surface area contributed by atoms with Crippen LogP contribution in [-0.4, -0.2) is 48.1 Å². The maximum absolute atomic E-state index is 12.4. The van der Waals surface area contributed by atoms with E-state index < -0.39 is 6.04 Å². The van der Waals surface area contributed by atoms with E-state index in [0.29, 0.717) is 31.0 Å². The van der Waals surface area contributed by atoms with Gasteiger partial charge in [-0.25, -0.2) is 9.78 Å². The van der Waals surface area contributed by atoms with Gasteiger partial charge >= 0.3 is 5.97 Å². The summed E-state index contributed by atoms with van der Waals surface area (Å²) in [5.41, 5.74) is 0.446. The minimum Gasteiger partial charge on any atom is -0.481 e. The van der Waals surface area contributed by atoms with E-state index in [4.69, 9.17) is 9.47 Å². The molecule has 1 saturated heterocycles. The van der Waals surface area contributed by atoms with E-state index in [1.165, 1.54) is 13.3 Å². The molecule has 1 aliphatic heterocycles. The molecular formula is C14H18N2O4. The second kappa shape index (κ2) is 6.36. The number of nitrogens with zero attached hydrogens (tertiary/aromatic N) is 2.